The monoisotopic (exact) mass is 422 g/mol. The van der Waals surface area contributed by atoms with E-state index in [1.54, 1.807) is 12.1 Å². The van der Waals surface area contributed by atoms with Crippen LogP contribution in [0.25, 0.3) is 0 Å². The fraction of sp³-hybridized carbons (Fsp3) is 0.111. The molecule has 1 aliphatic heterocycles. The number of hydroxylamine groups is 1. The van der Waals surface area contributed by atoms with Gasteiger partial charge in [0, 0.05) is 12.5 Å². The molecule has 5 nitrogen and oxygen atoms in total. The van der Waals surface area contributed by atoms with Crippen molar-refractivity contribution in [1.29, 1.82) is 0 Å². The molecule has 0 aliphatic carbocycles. The average molecular weight is 422 g/mol. The molecule has 1 aliphatic rings. The van der Waals surface area contributed by atoms with Crippen LogP contribution < -0.4 is 5.06 Å². The molecule has 0 N–H and O–H groups in total. The summed E-state index contributed by atoms with van der Waals surface area (Å²) in [7, 11) is 0. The predicted molar refractivity (Wildman–Crippen MR) is 124 cm³/mol. The number of hydrogen-bond acceptors (Lipinski definition) is 4. The van der Waals surface area contributed by atoms with Gasteiger partial charge < -0.3 is 0 Å². The summed E-state index contributed by atoms with van der Waals surface area (Å²) in [5.41, 5.74) is 2.81. The zero-order chi connectivity index (χ0) is 22.0. The second kappa shape index (κ2) is 8.29. The molecule has 0 amide bonds. The van der Waals surface area contributed by atoms with Gasteiger partial charge in [0.15, 0.2) is 0 Å². The van der Waals surface area contributed by atoms with Crippen LogP contribution in [0.15, 0.2) is 115 Å². The second-order valence-electron chi connectivity index (χ2n) is 7.85. The molecule has 0 bridgehead atoms. The molecule has 0 aromatic heterocycles. The summed E-state index contributed by atoms with van der Waals surface area (Å²) in [6, 6.07) is 36.5. The van der Waals surface area contributed by atoms with Crippen molar-refractivity contribution in [2.24, 2.45) is 0 Å². The zero-order valence-electron chi connectivity index (χ0n) is 17.4. The summed E-state index contributed by atoms with van der Waals surface area (Å²) in [5, 5.41) is 13.7. The van der Waals surface area contributed by atoms with Crippen molar-refractivity contribution in [3.05, 3.63) is 142 Å². The number of anilines is 1. The highest BCUT2D eigenvalue weighted by molar-refractivity contribution is 5.54. The number of nitro groups is 1. The third-order valence-corrected chi connectivity index (χ3v) is 6.00. The van der Waals surface area contributed by atoms with Gasteiger partial charge >= 0.3 is 0 Å². The molecule has 0 spiro atoms. The first-order valence-electron chi connectivity index (χ1n) is 10.6. The Hall–Kier alpha value is -3.96. The maximum Gasteiger partial charge on any atom is 0.274 e. The Bertz CT molecular complexity index is 1170. The van der Waals surface area contributed by atoms with E-state index >= 15 is 0 Å². The molecule has 5 rings (SSSR count). The minimum atomic E-state index is -0.785. The maximum absolute atomic E-state index is 11.9. The summed E-state index contributed by atoms with van der Waals surface area (Å²) in [5.74, 6) is 0. The Morgan fingerprint density at radius 3 is 1.81 bits per heavy atom. The maximum atomic E-state index is 11.9. The van der Waals surface area contributed by atoms with Crippen LogP contribution in [0.1, 0.15) is 29.2 Å². The highest BCUT2D eigenvalue weighted by Gasteiger charge is 2.50. The molecule has 4 aromatic rings. The third-order valence-electron chi connectivity index (χ3n) is 6.00. The van der Waals surface area contributed by atoms with E-state index in [0.717, 1.165) is 16.8 Å². The summed E-state index contributed by atoms with van der Waals surface area (Å²) < 4.78 is 0. The van der Waals surface area contributed by atoms with E-state index in [4.69, 9.17) is 4.84 Å². The van der Waals surface area contributed by atoms with Crippen molar-refractivity contribution in [1.82, 2.24) is 0 Å². The number of para-hydroxylation sites is 2. The Balaban J connectivity index is 1.72. The summed E-state index contributed by atoms with van der Waals surface area (Å²) in [6.07, 6.45) is 0.529. The second-order valence-corrected chi connectivity index (χ2v) is 7.85. The van der Waals surface area contributed by atoms with Crippen LogP contribution in [0.3, 0.4) is 0 Å². The van der Waals surface area contributed by atoms with Crippen molar-refractivity contribution in [2.45, 2.75) is 18.1 Å². The van der Waals surface area contributed by atoms with Gasteiger partial charge in [-0.1, -0.05) is 91.0 Å². The quantitative estimate of drug-likeness (QED) is 0.275. The minimum Gasteiger partial charge on any atom is -0.258 e. The van der Waals surface area contributed by atoms with Crippen molar-refractivity contribution in [3.8, 4) is 0 Å². The topological polar surface area (TPSA) is 55.6 Å². The van der Waals surface area contributed by atoms with Crippen LogP contribution in [-0.4, -0.2) is 4.92 Å². The lowest BCUT2D eigenvalue weighted by molar-refractivity contribution is -0.385. The first-order valence-corrected chi connectivity index (χ1v) is 10.6. The molecule has 4 aromatic carbocycles. The molecule has 1 unspecified atom stereocenters. The van der Waals surface area contributed by atoms with Crippen LogP contribution in [0.4, 0.5) is 11.4 Å². The van der Waals surface area contributed by atoms with Crippen molar-refractivity contribution in [2.75, 3.05) is 5.06 Å². The minimum absolute atomic E-state index is 0.0963. The van der Waals surface area contributed by atoms with Crippen molar-refractivity contribution < 1.29 is 9.76 Å². The van der Waals surface area contributed by atoms with E-state index in [1.807, 2.05) is 83.9 Å². The number of nitro benzene ring substituents is 1. The molecular formula is C27H22N2O3. The van der Waals surface area contributed by atoms with Crippen LogP contribution >= 0.6 is 0 Å². The molecule has 1 heterocycles. The molecule has 158 valence electrons. The van der Waals surface area contributed by atoms with Gasteiger partial charge in [0.05, 0.1) is 22.2 Å². The van der Waals surface area contributed by atoms with E-state index < -0.39 is 5.60 Å². The summed E-state index contributed by atoms with van der Waals surface area (Å²) in [4.78, 5) is 18.4. The number of benzene rings is 4. The number of hydrogen-bond donors (Lipinski definition) is 0. The van der Waals surface area contributed by atoms with Gasteiger partial charge in [-0.05, 0) is 29.3 Å². The summed E-state index contributed by atoms with van der Waals surface area (Å²) >= 11 is 0. The fourth-order valence-electron chi connectivity index (χ4n) is 4.53. The van der Waals surface area contributed by atoms with E-state index in [1.165, 1.54) is 0 Å². The Kier molecular flexibility index (Phi) is 5.17. The van der Waals surface area contributed by atoms with Crippen LogP contribution in [0.2, 0.25) is 0 Å². The van der Waals surface area contributed by atoms with Gasteiger partial charge in [0.2, 0.25) is 0 Å². The lowest BCUT2D eigenvalue weighted by Crippen LogP contribution is -2.30. The average Bonchev–Trinajstić information content (AvgIpc) is 3.28. The smallest absolute Gasteiger partial charge is 0.258 e. The molecule has 0 radical (unpaired) electrons. The lowest BCUT2D eigenvalue weighted by Gasteiger charge is -2.30. The largest absolute Gasteiger partial charge is 0.274 e. The number of rotatable bonds is 5. The fourth-order valence-corrected chi connectivity index (χ4v) is 4.53. The molecule has 32 heavy (non-hydrogen) atoms. The lowest BCUT2D eigenvalue weighted by atomic mass is 9.80. The molecule has 1 saturated heterocycles. The van der Waals surface area contributed by atoms with Gasteiger partial charge in [-0.25, -0.2) is 5.06 Å². The molecule has 1 atom stereocenters. The Morgan fingerprint density at radius 2 is 1.25 bits per heavy atom. The third kappa shape index (κ3) is 3.43. The summed E-state index contributed by atoms with van der Waals surface area (Å²) in [6.45, 7) is 0. The van der Waals surface area contributed by atoms with E-state index in [0.29, 0.717) is 12.0 Å². The van der Waals surface area contributed by atoms with E-state index in [2.05, 4.69) is 24.3 Å². The molecule has 0 saturated carbocycles. The normalized spacial score (nSPS) is 17.2. The van der Waals surface area contributed by atoms with E-state index in [9.17, 15) is 10.1 Å². The van der Waals surface area contributed by atoms with Crippen LogP contribution in [0.5, 0.6) is 0 Å². The first kappa shape index (κ1) is 20.0. The van der Waals surface area contributed by atoms with E-state index in [-0.39, 0.29) is 16.7 Å². The standard InChI is InChI=1S/C27H22N2O3/c30-29(31)25-19-11-10-18-24(25)26-20-27(21-12-4-1-5-13-21,22-14-6-2-7-15-22)32-28(26)23-16-8-3-9-17-23/h1-19,26H,20H2. The zero-order valence-corrected chi connectivity index (χ0v) is 17.4. The molecular weight excluding hydrogens is 400 g/mol. The van der Waals surface area contributed by atoms with Crippen molar-refractivity contribution >= 4 is 11.4 Å². The van der Waals surface area contributed by atoms with Gasteiger partial charge in [-0.2, -0.15) is 0 Å². The highest BCUT2D eigenvalue weighted by atomic mass is 16.7. The Morgan fingerprint density at radius 1 is 0.750 bits per heavy atom. The Labute approximate surface area is 186 Å². The van der Waals surface area contributed by atoms with Crippen LogP contribution in [-0.2, 0) is 10.4 Å². The molecule has 5 heteroatoms. The van der Waals surface area contributed by atoms with Gasteiger partial charge in [0.25, 0.3) is 5.69 Å². The highest BCUT2D eigenvalue weighted by Crippen LogP contribution is 2.52. The van der Waals surface area contributed by atoms with Gasteiger partial charge in [0.1, 0.15) is 5.60 Å². The SMILES string of the molecule is O=[N+]([O-])c1ccccc1C1CC(c2ccccc2)(c2ccccc2)ON1c1ccccc1. The van der Waals surface area contributed by atoms with Gasteiger partial charge in [-0.3, -0.25) is 15.0 Å². The first-order chi connectivity index (χ1) is 15.7. The van der Waals surface area contributed by atoms with Crippen LogP contribution in [0, 0.1) is 10.1 Å². The molecule has 1 fully saturated rings. The van der Waals surface area contributed by atoms with Crippen molar-refractivity contribution in [3.63, 3.8) is 0 Å². The predicted octanol–water partition coefficient (Wildman–Crippen LogP) is 6.42. The number of nitrogens with zero attached hydrogens (tertiary/aromatic N) is 2. The van der Waals surface area contributed by atoms with Gasteiger partial charge in [-0.15, -0.1) is 0 Å².